The molecule has 150 valence electrons. The summed E-state index contributed by atoms with van der Waals surface area (Å²) >= 11 is 0. The largest absolute Gasteiger partial charge is 0.334 e. The standard InChI is InChI=1S/C20H23N7O2/c1-2-27-14-23-26-18(27)13-22-19(28)21-12-15-7-6-10-17(11-15)25-20(29)24-16-8-4-3-5-9-16/h3-11,14H,2,12-13H2,1H3,(H2,21,22,28)(H2,24,25,29). The third-order valence-electron chi connectivity index (χ3n) is 4.11. The van der Waals surface area contributed by atoms with Crippen LogP contribution < -0.4 is 21.3 Å². The molecule has 0 aliphatic carbocycles. The maximum absolute atomic E-state index is 12.1. The number of benzene rings is 2. The van der Waals surface area contributed by atoms with Gasteiger partial charge in [-0.1, -0.05) is 30.3 Å². The number of anilines is 2. The quantitative estimate of drug-likeness (QED) is 0.494. The summed E-state index contributed by atoms with van der Waals surface area (Å²) in [5, 5.41) is 18.9. The van der Waals surface area contributed by atoms with Crippen LogP contribution in [0.1, 0.15) is 18.3 Å². The number of urea groups is 2. The van der Waals surface area contributed by atoms with E-state index in [-0.39, 0.29) is 12.1 Å². The molecule has 1 aromatic heterocycles. The van der Waals surface area contributed by atoms with Crippen LogP contribution in [0.5, 0.6) is 0 Å². The van der Waals surface area contributed by atoms with Crippen molar-refractivity contribution in [3.8, 4) is 0 Å². The lowest BCUT2D eigenvalue weighted by molar-refractivity contribution is 0.239. The number of carbonyl (C=O) groups excluding carboxylic acids is 2. The molecule has 0 atom stereocenters. The van der Waals surface area contributed by atoms with Gasteiger partial charge in [-0.2, -0.15) is 0 Å². The smallest absolute Gasteiger partial charge is 0.323 e. The van der Waals surface area contributed by atoms with Crippen LogP contribution in [0.25, 0.3) is 0 Å². The van der Waals surface area contributed by atoms with Crippen molar-refractivity contribution >= 4 is 23.4 Å². The average Bonchev–Trinajstić information content (AvgIpc) is 3.19. The number of para-hydroxylation sites is 1. The van der Waals surface area contributed by atoms with E-state index in [4.69, 9.17) is 0 Å². The summed E-state index contributed by atoms with van der Waals surface area (Å²) in [5.41, 5.74) is 2.20. The first-order chi connectivity index (χ1) is 14.1. The highest BCUT2D eigenvalue weighted by Gasteiger charge is 2.07. The highest BCUT2D eigenvalue weighted by molar-refractivity contribution is 5.99. The van der Waals surface area contributed by atoms with Gasteiger partial charge in [0.2, 0.25) is 0 Å². The fourth-order valence-corrected chi connectivity index (χ4v) is 2.66. The monoisotopic (exact) mass is 393 g/mol. The summed E-state index contributed by atoms with van der Waals surface area (Å²) in [5.74, 6) is 0.693. The summed E-state index contributed by atoms with van der Waals surface area (Å²) in [7, 11) is 0. The second kappa shape index (κ2) is 9.88. The number of aromatic nitrogens is 3. The molecule has 9 heteroatoms. The van der Waals surface area contributed by atoms with Crippen molar-refractivity contribution in [2.45, 2.75) is 26.6 Å². The zero-order chi connectivity index (χ0) is 20.5. The number of hydrogen-bond acceptors (Lipinski definition) is 4. The molecule has 29 heavy (non-hydrogen) atoms. The lowest BCUT2D eigenvalue weighted by Gasteiger charge is -2.10. The van der Waals surface area contributed by atoms with E-state index in [0.29, 0.717) is 30.3 Å². The zero-order valence-electron chi connectivity index (χ0n) is 16.1. The Morgan fingerprint density at radius 1 is 0.897 bits per heavy atom. The zero-order valence-corrected chi connectivity index (χ0v) is 16.1. The van der Waals surface area contributed by atoms with E-state index < -0.39 is 0 Å². The Bertz CT molecular complexity index is 956. The molecule has 0 fully saturated rings. The van der Waals surface area contributed by atoms with Gasteiger partial charge in [0.25, 0.3) is 0 Å². The molecular weight excluding hydrogens is 370 g/mol. The number of nitrogens with one attached hydrogen (secondary N) is 4. The minimum Gasteiger partial charge on any atom is -0.334 e. The number of aryl methyl sites for hydroxylation is 1. The molecule has 3 aromatic rings. The maximum Gasteiger partial charge on any atom is 0.323 e. The molecule has 4 amide bonds. The van der Waals surface area contributed by atoms with Gasteiger partial charge < -0.3 is 25.8 Å². The van der Waals surface area contributed by atoms with Gasteiger partial charge in [0.05, 0.1) is 6.54 Å². The van der Waals surface area contributed by atoms with Crippen LogP contribution in [0.4, 0.5) is 21.0 Å². The summed E-state index contributed by atoms with van der Waals surface area (Å²) in [6, 6.07) is 15.8. The van der Waals surface area contributed by atoms with Crippen LogP contribution in [0.2, 0.25) is 0 Å². The molecule has 0 unspecified atom stereocenters. The number of rotatable bonds is 7. The van der Waals surface area contributed by atoms with Crippen LogP contribution in [0.15, 0.2) is 60.9 Å². The maximum atomic E-state index is 12.1. The Morgan fingerprint density at radius 3 is 2.41 bits per heavy atom. The third kappa shape index (κ3) is 6.06. The average molecular weight is 393 g/mol. The fourth-order valence-electron chi connectivity index (χ4n) is 2.66. The topological polar surface area (TPSA) is 113 Å². The molecule has 0 saturated carbocycles. The van der Waals surface area contributed by atoms with Gasteiger partial charge in [-0.05, 0) is 36.8 Å². The van der Waals surface area contributed by atoms with E-state index in [0.717, 1.165) is 12.1 Å². The first-order valence-electron chi connectivity index (χ1n) is 9.24. The van der Waals surface area contributed by atoms with Gasteiger partial charge in [-0.3, -0.25) is 0 Å². The Balaban J connectivity index is 1.46. The van der Waals surface area contributed by atoms with Crippen molar-refractivity contribution in [1.29, 1.82) is 0 Å². The SMILES string of the molecule is CCn1cnnc1CNC(=O)NCc1cccc(NC(=O)Nc2ccccc2)c1. The van der Waals surface area contributed by atoms with Crippen LogP contribution >= 0.6 is 0 Å². The molecule has 0 bridgehead atoms. The van der Waals surface area contributed by atoms with Crippen LogP contribution in [-0.4, -0.2) is 26.8 Å². The first-order valence-corrected chi connectivity index (χ1v) is 9.24. The molecule has 0 saturated heterocycles. The first kappa shape index (κ1) is 19.9. The van der Waals surface area contributed by atoms with Crippen molar-refractivity contribution < 1.29 is 9.59 Å². The molecule has 0 radical (unpaired) electrons. The summed E-state index contributed by atoms with van der Waals surface area (Å²) in [6.45, 7) is 3.33. The molecule has 1 heterocycles. The molecular formula is C20H23N7O2. The van der Waals surface area contributed by atoms with E-state index in [9.17, 15) is 9.59 Å². The fraction of sp³-hybridized carbons (Fsp3) is 0.200. The normalized spacial score (nSPS) is 10.2. The van der Waals surface area contributed by atoms with E-state index >= 15 is 0 Å². The van der Waals surface area contributed by atoms with E-state index in [1.165, 1.54) is 0 Å². The van der Waals surface area contributed by atoms with Crippen LogP contribution in [0.3, 0.4) is 0 Å². The summed E-state index contributed by atoms with van der Waals surface area (Å²) in [4.78, 5) is 24.1. The van der Waals surface area contributed by atoms with E-state index in [1.54, 1.807) is 18.5 Å². The van der Waals surface area contributed by atoms with Gasteiger partial charge in [0.15, 0.2) is 5.82 Å². The van der Waals surface area contributed by atoms with E-state index in [1.807, 2.05) is 54.0 Å². The Kier molecular flexibility index (Phi) is 6.77. The lowest BCUT2D eigenvalue weighted by Crippen LogP contribution is -2.35. The van der Waals surface area contributed by atoms with Crippen molar-refractivity contribution in [2.75, 3.05) is 10.6 Å². The predicted molar refractivity (Wildman–Crippen MR) is 110 cm³/mol. The minimum atomic E-state index is -0.334. The second-order valence-electron chi connectivity index (χ2n) is 6.21. The number of nitrogens with zero attached hydrogens (tertiary/aromatic N) is 3. The van der Waals surface area contributed by atoms with Gasteiger partial charge in [0.1, 0.15) is 6.33 Å². The molecule has 4 N–H and O–H groups in total. The Hall–Kier alpha value is -3.88. The number of hydrogen-bond donors (Lipinski definition) is 4. The Morgan fingerprint density at radius 2 is 1.62 bits per heavy atom. The predicted octanol–water partition coefficient (Wildman–Crippen LogP) is 2.94. The van der Waals surface area contributed by atoms with Crippen molar-refractivity contribution in [2.24, 2.45) is 0 Å². The summed E-state index contributed by atoms with van der Waals surface area (Å²) < 4.78 is 1.86. The van der Waals surface area contributed by atoms with Crippen molar-refractivity contribution in [1.82, 2.24) is 25.4 Å². The van der Waals surface area contributed by atoms with Crippen molar-refractivity contribution in [3.05, 3.63) is 72.3 Å². The minimum absolute atomic E-state index is 0.293. The molecule has 0 aliphatic heterocycles. The molecule has 2 aromatic carbocycles. The second-order valence-corrected chi connectivity index (χ2v) is 6.21. The van der Waals surface area contributed by atoms with Gasteiger partial charge in [-0.15, -0.1) is 10.2 Å². The lowest BCUT2D eigenvalue weighted by atomic mass is 10.2. The van der Waals surface area contributed by atoms with Gasteiger partial charge >= 0.3 is 12.1 Å². The number of amides is 4. The molecule has 0 spiro atoms. The highest BCUT2D eigenvalue weighted by Crippen LogP contribution is 2.12. The highest BCUT2D eigenvalue weighted by atomic mass is 16.2. The van der Waals surface area contributed by atoms with Crippen LogP contribution in [-0.2, 0) is 19.6 Å². The van der Waals surface area contributed by atoms with Crippen LogP contribution in [0, 0.1) is 0 Å². The molecule has 0 aliphatic rings. The van der Waals surface area contributed by atoms with Gasteiger partial charge in [-0.25, -0.2) is 9.59 Å². The van der Waals surface area contributed by atoms with Gasteiger partial charge in [0, 0.05) is 24.5 Å². The molecule has 9 nitrogen and oxygen atoms in total. The van der Waals surface area contributed by atoms with E-state index in [2.05, 4.69) is 31.5 Å². The summed E-state index contributed by atoms with van der Waals surface area (Å²) in [6.07, 6.45) is 1.63. The number of carbonyl (C=O) groups is 2. The third-order valence-corrected chi connectivity index (χ3v) is 4.11. The molecule has 3 rings (SSSR count). The Labute approximate surface area is 168 Å². The van der Waals surface area contributed by atoms with Crippen molar-refractivity contribution in [3.63, 3.8) is 0 Å².